The maximum absolute atomic E-state index is 7.00. The van der Waals surface area contributed by atoms with Gasteiger partial charge in [0.05, 0.1) is 0 Å². The number of hydrogen-bond donors (Lipinski definition) is 0. The first-order chi connectivity index (χ1) is 25.4. The zero-order chi connectivity index (χ0) is 35.7. The SMILES string of the molecule is CC1N=P(Oc2ccccc2)(Oc2ccccc2)N=P(Oc2ccccc2)(Oc2ccccc2)C(C)N=P1(Oc1ccccc1)Oc1ccccc1. The van der Waals surface area contributed by atoms with Crippen LogP contribution in [0.3, 0.4) is 0 Å². The Balaban J connectivity index is 1.57. The molecule has 0 bridgehead atoms. The van der Waals surface area contributed by atoms with Crippen molar-refractivity contribution in [2.24, 2.45) is 14.0 Å². The van der Waals surface area contributed by atoms with Crippen LogP contribution in [0.2, 0.25) is 0 Å². The van der Waals surface area contributed by atoms with Gasteiger partial charge < -0.3 is 27.1 Å². The smallest absolute Gasteiger partial charge is 0.429 e. The minimum absolute atomic E-state index is 0.506. The van der Waals surface area contributed by atoms with Crippen LogP contribution in [0, 0.1) is 0 Å². The summed E-state index contributed by atoms with van der Waals surface area (Å²) in [5.74, 6) is 1.66. The Morgan fingerprint density at radius 3 is 0.885 bits per heavy atom. The lowest BCUT2D eigenvalue weighted by molar-refractivity contribution is 0.432. The van der Waals surface area contributed by atoms with Crippen LogP contribution in [0.1, 0.15) is 13.8 Å². The molecule has 0 amide bonds. The molecular formula is C40H38N3O6P3. The molecule has 9 nitrogen and oxygen atoms in total. The minimum Gasteiger partial charge on any atom is -0.429 e. The maximum atomic E-state index is 7.00. The molecule has 0 fully saturated rings. The highest BCUT2D eigenvalue weighted by molar-refractivity contribution is 7.70. The van der Waals surface area contributed by atoms with Gasteiger partial charge in [-0.25, -0.2) is 4.74 Å². The standard InChI is InChI=1S/C40H38N3O6P3/c1-33-41-50(44-35-21-9-3-10-22-35,45-36-23-11-4-12-24-36)34(2)42-52(48-39-29-17-7-18-30-39,49-40-31-19-8-20-32-40)43-51(33,46-37-25-13-5-14-26-37)47-38-27-15-6-16-28-38/h3-34H,1-2H3. The summed E-state index contributed by atoms with van der Waals surface area (Å²) in [7, 11) is -11.0. The van der Waals surface area contributed by atoms with Crippen LogP contribution in [0.15, 0.2) is 196 Å². The molecular weight excluding hydrogens is 711 g/mol. The number of benzene rings is 6. The lowest BCUT2D eigenvalue weighted by Crippen LogP contribution is -2.21. The van der Waals surface area contributed by atoms with Crippen LogP contribution in [0.5, 0.6) is 34.5 Å². The molecule has 2 unspecified atom stereocenters. The molecule has 1 aliphatic heterocycles. The molecule has 1 aliphatic rings. The lowest BCUT2D eigenvalue weighted by atomic mass is 10.3. The molecule has 0 aromatic heterocycles. The van der Waals surface area contributed by atoms with Gasteiger partial charge in [-0.3, -0.25) is 0 Å². The molecule has 12 heteroatoms. The molecule has 6 aromatic carbocycles. The predicted molar refractivity (Wildman–Crippen MR) is 209 cm³/mol. The molecule has 0 saturated carbocycles. The van der Waals surface area contributed by atoms with E-state index in [0.717, 1.165) is 0 Å². The van der Waals surface area contributed by atoms with Gasteiger partial charge in [0.1, 0.15) is 34.5 Å². The zero-order valence-corrected chi connectivity index (χ0v) is 31.3. The van der Waals surface area contributed by atoms with Crippen LogP contribution in [0.4, 0.5) is 0 Å². The molecule has 0 spiro atoms. The fourth-order valence-electron chi connectivity index (χ4n) is 5.22. The van der Waals surface area contributed by atoms with Crippen LogP contribution in [-0.2, 0) is 0 Å². The highest BCUT2D eigenvalue weighted by atomic mass is 31.2. The van der Waals surface area contributed by atoms with Gasteiger partial charge in [0, 0.05) is 0 Å². The van der Waals surface area contributed by atoms with E-state index in [1.807, 2.05) is 196 Å². The van der Waals surface area contributed by atoms with Gasteiger partial charge in [0.25, 0.3) is 0 Å². The van der Waals surface area contributed by atoms with Crippen molar-refractivity contribution in [2.75, 3.05) is 0 Å². The first kappa shape index (κ1) is 35.2. The largest absolute Gasteiger partial charge is 0.449 e. The Morgan fingerprint density at radius 2 is 0.577 bits per heavy atom. The van der Waals surface area contributed by atoms with E-state index in [4.69, 9.17) is 41.1 Å². The predicted octanol–water partition coefficient (Wildman–Crippen LogP) is 13.2. The van der Waals surface area contributed by atoms with Crippen LogP contribution >= 0.6 is 22.7 Å². The third-order valence-electron chi connectivity index (χ3n) is 7.68. The number of hydrogen-bond acceptors (Lipinski definition) is 9. The van der Waals surface area contributed by atoms with E-state index in [-0.39, 0.29) is 0 Å². The fourth-order valence-corrected chi connectivity index (χ4v) is 14.2. The monoisotopic (exact) mass is 749 g/mol. The third kappa shape index (κ3) is 8.46. The quantitative estimate of drug-likeness (QED) is 0.116. The van der Waals surface area contributed by atoms with E-state index in [9.17, 15) is 0 Å². The summed E-state index contributed by atoms with van der Waals surface area (Å²) in [5.41, 5.74) is 0. The highest BCUT2D eigenvalue weighted by Gasteiger charge is 2.48. The van der Waals surface area contributed by atoms with E-state index in [0.29, 0.717) is 34.5 Å². The summed E-state index contributed by atoms with van der Waals surface area (Å²) in [5, 5.41) is 0. The molecule has 1 heterocycles. The van der Waals surface area contributed by atoms with Gasteiger partial charge in [0.15, 0.2) is 11.6 Å². The summed E-state index contributed by atoms with van der Waals surface area (Å²) in [6, 6.07) is 56.6. The first-order valence-electron chi connectivity index (χ1n) is 16.8. The van der Waals surface area contributed by atoms with Crippen molar-refractivity contribution in [3.05, 3.63) is 182 Å². The maximum Gasteiger partial charge on any atom is 0.449 e. The molecule has 52 heavy (non-hydrogen) atoms. The van der Waals surface area contributed by atoms with Gasteiger partial charge in [-0.1, -0.05) is 109 Å². The molecule has 264 valence electrons. The van der Waals surface area contributed by atoms with Crippen LogP contribution in [-0.4, -0.2) is 11.6 Å². The van der Waals surface area contributed by atoms with E-state index < -0.39 is 34.2 Å². The van der Waals surface area contributed by atoms with E-state index in [1.54, 1.807) is 0 Å². The molecule has 7 rings (SSSR count). The molecule has 6 aromatic rings. The number of rotatable bonds is 12. The minimum atomic E-state index is -3.83. The fraction of sp³-hybridized carbons (Fsp3) is 0.100. The summed E-state index contributed by atoms with van der Waals surface area (Å²) in [4.78, 5) is 0. The first-order valence-corrected chi connectivity index (χ1v) is 21.6. The lowest BCUT2D eigenvalue weighted by Gasteiger charge is -2.37. The zero-order valence-electron chi connectivity index (χ0n) is 28.6. The Hall–Kier alpha value is -5.19. The van der Waals surface area contributed by atoms with E-state index in [2.05, 4.69) is 0 Å². The van der Waals surface area contributed by atoms with Crippen LogP contribution in [0.25, 0.3) is 0 Å². The molecule has 2 atom stereocenters. The van der Waals surface area contributed by atoms with Crippen molar-refractivity contribution in [3.63, 3.8) is 0 Å². The van der Waals surface area contributed by atoms with Gasteiger partial charge in [-0.2, -0.15) is 4.74 Å². The molecule has 0 radical (unpaired) electrons. The Kier molecular flexibility index (Phi) is 10.8. The average Bonchev–Trinajstić information content (AvgIpc) is 3.17. The van der Waals surface area contributed by atoms with E-state index >= 15 is 0 Å². The summed E-state index contributed by atoms with van der Waals surface area (Å²) in [6.07, 6.45) is 0. The molecule has 0 N–H and O–H groups in total. The molecule has 0 saturated heterocycles. The number of para-hydroxylation sites is 6. The van der Waals surface area contributed by atoms with Crippen molar-refractivity contribution in [2.45, 2.75) is 25.4 Å². The summed E-state index contributed by atoms with van der Waals surface area (Å²) < 4.78 is 58.0. The van der Waals surface area contributed by atoms with Gasteiger partial charge in [-0.05, 0) is 86.6 Å². The summed E-state index contributed by atoms with van der Waals surface area (Å²) >= 11 is 0. The van der Waals surface area contributed by atoms with Crippen molar-refractivity contribution in [1.82, 2.24) is 0 Å². The third-order valence-corrected chi connectivity index (χ3v) is 16.2. The average molecular weight is 750 g/mol. The van der Waals surface area contributed by atoms with Gasteiger partial charge >= 0.3 is 22.7 Å². The van der Waals surface area contributed by atoms with Crippen LogP contribution < -0.4 is 27.1 Å². The van der Waals surface area contributed by atoms with E-state index in [1.165, 1.54) is 0 Å². The Labute approximate surface area is 304 Å². The number of nitrogens with zero attached hydrogens (tertiary/aromatic N) is 3. The second kappa shape index (κ2) is 16.0. The summed E-state index contributed by atoms with van der Waals surface area (Å²) in [6.45, 7) is 3.82. The van der Waals surface area contributed by atoms with Gasteiger partial charge in [-0.15, -0.1) is 4.52 Å². The Morgan fingerprint density at radius 1 is 0.327 bits per heavy atom. The topological polar surface area (TPSA) is 92.5 Å². The van der Waals surface area contributed by atoms with Gasteiger partial charge in [0.2, 0.25) is 0 Å². The van der Waals surface area contributed by atoms with Crippen molar-refractivity contribution in [3.8, 4) is 34.5 Å². The second-order valence-corrected chi connectivity index (χ2v) is 18.6. The normalized spacial score (nSPS) is 18.3. The van der Waals surface area contributed by atoms with Crippen molar-refractivity contribution >= 4 is 22.7 Å². The molecule has 0 aliphatic carbocycles. The second-order valence-electron chi connectivity index (χ2n) is 11.6. The Bertz CT molecular complexity index is 2080. The van der Waals surface area contributed by atoms with Crippen molar-refractivity contribution < 1.29 is 27.1 Å². The van der Waals surface area contributed by atoms with Crippen molar-refractivity contribution in [1.29, 1.82) is 0 Å². The highest BCUT2D eigenvalue weighted by Crippen LogP contribution is 2.72.